The Hall–Kier alpha value is -1.16. The second-order valence-corrected chi connectivity index (χ2v) is 4.98. The molecule has 0 aromatic carbocycles. The van der Waals surface area contributed by atoms with Crippen molar-refractivity contribution in [3.63, 3.8) is 0 Å². The summed E-state index contributed by atoms with van der Waals surface area (Å²) in [6, 6.07) is 0.421. The van der Waals surface area contributed by atoms with Gasteiger partial charge in [-0.05, 0) is 46.7 Å². The molecule has 1 N–H and O–H groups in total. The molecule has 1 aromatic heterocycles. The largest absolute Gasteiger partial charge is 0.365 e. The third kappa shape index (κ3) is 3.40. The molecule has 4 heteroatoms. The summed E-state index contributed by atoms with van der Waals surface area (Å²) in [6.07, 6.45) is 4.51. The molecule has 94 valence electrons. The fourth-order valence-corrected chi connectivity index (χ4v) is 2.26. The molecule has 2 heterocycles. The first kappa shape index (κ1) is 12.3. The van der Waals surface area contributed by atoms with Gasteiger partial charge in [-0.1, -0.05) is 0 Å². The second kappa shape index (κ2) is 5.45. The number of anilines is 1. The van der Waals surface area contributed by atoms with Gasteiger partial charge in [-0.25, -0.2) is 4.98 Å². The van der Waals surface area contributed by atoms with Crippen LogP contribution in [0.2, 0.25) is 0 Å². The van der Waals surface area contributed by atoms with Crippen LogP contribution >= 0.6 is 0 Å². The number of hydrogen-bond donors (Lipinski definition) is 1. The third-order valence-corrected chi connectivity index (χ3v) is 3.32. The Morgan fingerprint density at radius 3 is 2.65 bits per heavy atom. The average molecular weight is 234 g/mol. The monoisotopic (exact) mass is 234 g/mol. The Morgan fingerprint density at radius 2 is 2.00 bits per heavy atom. The van der Waals surface area contributed by atoms with E-state index in [0.717, 1.165) is 23.8 Å². The maximum Gasteiger partial charge on any atom is 0.145 e. The quantitative estimate of drug-likeness (QED) is 0.865. The summed E-state index contributed by atoms with van der Waals surface area (Å²) in [5.74, 6) is 0.889. The first-order valence-electron chi connectivity index (χ1n) is 6.44. The second-order valence-electron chi connectivity index (χ2n) is 4.98. The van der Waals surface area contributed by atoms with Gasteiger partial charge in [0.05, 0.1) is 17.6 Å². The van der Waals surface area contributed by atoms with Crippen LogP contribution in [0, 0.1) is 13.8 Å². The van der Waals surface area contributed by atoms with Gasteiger partial charge >= 0.3 is 0 Å². The van der Waals surface area contributed by atoms with Gasteiger partial charge in [0.1, 0.15) is 5.82 Å². The van der Waals surface area contributed by atoms with Crippen molar-refractivity contribution in [1.29, 1.82) is 0 Å². The van der Waals surface area contributed by atoms with Crippen molar-refractivity contribution in [2.24, 2.45) is 0 Å². The number of nitrogens with one attached hydrogen (secondary N) is 1. The molecule has 0 radical (unpaired) electrons. The molecule has 0 saturated carbocycles. The summed E-state index contributed by atoms with van der Waals surface area (Å²) in [5, 5.41) is 3.42. The van der Waals surface area contributed by atoms with Crippen LogP contribution in [0.3, 0.4) is 0 Å². The van der Waals surface area contributed by atoms with Crippen LogP contribution in [0.25, 0.3) is 0 Å². The highest BCUT2D eigenvalue weighted by molar-refractivity contribution is 5.34. The Balaban J connectivity index is 1.88. The summed E-state index contributed by atoms with van der Waals surface area (Å²) in [7, 11) is 0. The van der Waals surface area contributed by atoms with Gasteiger partial charge in [0.15, 0.2) is 0 Å². The highest BCUT2D eigenvalue weighted by Gasteiger charge is 2.14. The molecule has 1 unspecified atom stereocenters. The molecular formula is C13H22N4. The van der Waals surface area contributed by atoms with E-state index in [2.05, 4.69) is 27.1 Å². The van der Waals surface area contributed by atoms with Crippen LogP contribution in [0.1, 0.15) is 31.2 Å². The van der Waals surface area contributed by atoms with Crippen LogP contribution in [0.4, 0.5) is 5.82 Å². The molecule has 1 aliphatic rings. The van der Waals surface area contributed by atoms with E-state index in [-0.39, 0.29) is 0 Å². The summed E-state index contributed by atoms with van der Waals surface area (Å²) in [6.45, 7) is 9.76. The van der Waals surface area contributed by atoms with Gasteiger partial charge in [0, 0.05) is 12.6 Å². The molecule has 1 aromatic rings. The van der Waals surface area contributed by atoms with E-state index in [0.29, 0.717) is 6.04 Å². The normalized spacial score (nSPS) is 18.3. The molecule has 1 fully saturated rings. The Kier molecular flexibility index (Phi) is 3.94. The zero-order valence-corrected chi connectivity index (χ0v) is 11.0. The number of aromatic nitrogens is 2. The third-order valence-electron chi connectivity index (χ3n) is 3.32. The van der Waals surface area contributed by atoms with E-state index in [9.17, 15) is 0 Å². The van der Waals surface area contributed by atoms with Crippen molar-refractivity contribution < 1.29 is 0 Å². The maximum atomic E-state index is 4.50. The van der Waals surface area contributed by atoms with Gasteiger partial charge in [0.2, 0.25) is 0 Å². The summed E-state index contributed by atoms with van der Waals surface area (Å²) >= 11 is 0. The average Bonchev–Trinajstić information content (AvgIpc) is 2.76. The predicted octanol–water partition coefficient (Wildman–Crippen LogP) is 1.99. The molecule has 0 bridgehead atoms. The molecule has 0 aliphatic carbocycles. The number of nitrogens with zero attached hydrogens (tertiary/aromatic N) is 3. The lowest BCUT2D eigenvalue weighted by Gasteiger charge is -2.21. The number of rotatable bonds is 4. The minimum atomic E-state index is 0.421. The molecule has 17 heavy (non-hydrogen) atoms. The number of hydrogen-bond acceptors (Lipinski definition) is 4. The molecule has 1 aliphatic heterocycles. The zero-order valence-electron chi connectivity index (χ0n) is 11.0. The van der Waals surface area contributed by atoms with Crippen LogP contribution in [0.15, 0.2) is 6.20 Å². The standard InChI is InChI=1S/C13H22N4/c1-10(9-17-6-4-5-7-17)15-13-8-14-11(2)12(3)16-13/h8,10H,4-7,9H2,1-3H3,(H,15,16). The lowest BCUT2D eigenvalue weighted by Crippen LogP contribution is -2.33. The fraction of sp³-hybridized carbons (Fsp3) is 0.692. The maximum absolute atomic E-state index is 4.50. The van der Waals surface area contributed by atoms with Gasteiger partial charge in [-0.15, -0.1) is 0 Å². The van der Waals surface area contributed by atoms with Crippen LogP contribution in [-0.4, -0.2) is 40.5 Å². The number of aryl methyl sites for hydroxylation is 2. The number of likely N-dealkylation sites (tertiary alicyclic amines) is 1. The molecule has 2 rings (SSSR count). The molecular weight excluding hydrogens is 212 g/mol. The highest BCUT2D eigenvalue weighted by atomic mass is 15.2. The van der Waals surface area contributed by atoms with Crippen LogP contribution in [-0.2, 0) is 0 Å². The van der Waals surface area contributed by atoms with Crippen molar-refractivity contribution in [2.75, 3.05) is 25.0 Å². The van der Waals surface area contributed by atoms with Crippen molar-refractivity contribution in [1.82, 2.24) is 14.9 Å². The predicted molar refractivity (Wildman–Crippen MR) is 70.3 cm³/mol. The van der Waals surface area contributed by atoms with E-state index in [1.807, 2.05) is 20.0 Å². The van der Waals surface area contributed by atoms with Crippen LogP contribution < -0.4 is 5.32 Å². The van der Waals surface area contributed by atoms with Crippen molar-refractivity contribution in [3.05, 3.63) is 17.6 Å². The fourth-order valence-electron chi connectivity index (χ4n) is 2.26. The first-order valence-corrected chi connectivity index (χ1v) is 6.44. The molecule has 1 saturated heterocycles. The van der Waals surface area contributed by atoms with E-state index in [1.165, 1.54) is 25.9 Å². The highest BCUT2D eigenvalue weighted by Crippen LogP contribution is 2.11. The van der Waals surface area contributed by atoms with E-state index in [1.54, 1.807) is 0 Å². The van der Waals surface area contributed by atoms with Crippen LogP contribution in [0.5, 0.6) is 0 Å². The topological polar surface area (TPSA) is 41.1 Å². The minimum absolute atomic E-state index is 0.421. The van der Waals surface area contributed by atoms with E-state index in [4.69, 9.17) is 0 Å². The van der Waals surface area contributed by atoms with Gasteiger partial charge in [0.25, 0.3) is 0 Å². The SMILES string of the molecule is Cc1ncc(NC(C)CN2CCCC2)nc1C. The molecule has 0 spiro atoms. The van der Waals surface area contributed by atoms with Crippen molar-refractivity contribution in [3.8, 4) is 0 Å². The Morgan fingerprint density at radius 1 is 1.29 bits per heavy atom. The zero-order chi connectivity index (χ0) is 12.3. The van der Waals surface area contributed by atoms with Gasteiger partial charge in [-0.2, -0.15) is 0 Å². The summed E-state index contributed by atoms with van der Waals surface area (Å²) in [5.41, 5.74) is 2.01. The molecule has 1 atom stereocenters. The lowest BCUT2D eigenvalue weighted by molar-refractivity contribution is 0.327. The minimum Gasteiger partial charge on any atom is -0.365 e. The van der Waals surface area contributed by atoms with Gasteiger partial charge in [-0.3, -0.25) is 4.98 Å². The Bertz CT molecular complexity index is 372. The van der Waals surface area contributed by atoms with E-state index >= 15 is 0 Å². The lowest BCUT2D eigenvalue weighted by atomic mass is 10.3. The summed E-state index contributed by atoms with van der Waals surface area (Å²) < 4.78 is 0. The molecule has 4 nitrogen and oxygen atoms in total. The summed E-state index contributed by atoms with van der Waals surface area (Å²) in [4.78, 5) is 11.3. The van der Waals surface area contributed by atoms with E-state index < -0.39 is 0 Å². The molecule has 0 amide bonds. The van der Waals surface area contributed by atoms with Crippen molar-refractivity contribution in [2.45, 2.75) is 39.7 Å². The van der Waals surface area contributed by atoms with Crippen molar-refractivity contribution >= 4 is 5.82 Å². The smallest absolute Gasteiger partial charge is 0.145 e. The first-order chi connectivity index (χ1) is 8.15. The van der Waals surface area contributed by atoms with Gasteiger partial charge < -0.3 is 10.2 Å². The Labute approximate surface area is 103 Å².